The van der Waals surface area contributed by atoms with E-state index in [1.807, 2.05) is 48.6 Å². The van der Waals surface area contributed by atoms with E-state index in [1.54, 1.807) is 12.1 Å². The van der Waals surface area contributed by atoms with E-state index in [1.165, 1.54) is 12.0 Å². The number of methoxy groups -OCH3 is 1. The van der Waals surface area contributed by atoms with E-state index >= 15 is 0 Å². The highest BCUT2D eigenvalue weighted by Gasteiger charge is 2.50. The molecule has 0 saturated heterocycles. The van der Waals surface area contributed by atoms with Gasteiger partial charge in [0.15, 0.2) is 0 Å². The molecule has 1 aliphatic heterocycles. The van der Waals surface area contributed by atoms with E-state index in [-0.39, 0.29) is 24.4 Å². The van der Waals surface area contributed by atoms with Crippen LogP contribution in [-0.4, -0.2) is 36.9 Å². The molecule has 7 heteroatoms. The van der Waals surface area contributed by atoms with Crippen molar-refractivity contribution in [2.24, 2.45) is 5.92 Å². The number of nitrogens with zero attached hydrogens (tertiary/aromatic N) is 1. The molecule has 0 fully saturated rings. The minimum Gasteiger partial charge on any atom is -0.495 e. The summed E-state index contributed by atoms with van der Waals surface area (Å²) >= 11 is 6.61. The second-order valence-electron chi connectivity index (χ2n) is 9.32. The van der Waals surface area contributed by atoms with E-state index in [0.29, 0.717) is 28.4 Å². The number of ether oxygens (including phenoxy) is 2. The highest BCUT2D eigenvalue weighted by molar-refractivity contribution is 6.32. The number of rotatable bonds is 4. The molecular formula is C29H24ClNO5. The molecule has 3 atom stereocenters. The van der Waals surface area contributed by atoms with Crippen LogP contribution in [0.15, 0.2) is 72.8 Å². The largest absolute Gasteiger partial charge is 0.495 e. The molecule has 6 nitrogen and oxygen atoms in total. The first-order valence-electron chi connectivity index (χ1n) is 11.9. The van der Waals surface area contributed by atoms with Gasteiger partial charge in [-0.25, -0.2) is 9.59 Å². The number of carbonyl (C=O) groups is 2. The van der Waals surface area contributed by atoms with E-state index in [2.05, 4.69) is 12.1 Å². The molecule has 0 radical (unpaired) electrons. The quantitative estimate of drug-likeness (QED) is 0.429. The fourth-order valence-corrected chi connectivity index (χ4v) is 6.37. The van der Waals surface area contributed by atoms with Gasteiger partial charge in [-0.15, -0.1) is 0 Å². The predicted molar refractivity (Wildman–Crippen MR) is 137 cm³/mol. The van der Waals surface area contributed by atoms with Crippen molar-refractivity contribution in [1.82, 2.24) is 0 Å². The zero-order chi connectivity index (χ0) is 25.0. The van der Waals surface area contributed by atoms with Crippen molar-refractivity contribution < 1.29 is 24.2 Å². The summed E-state index contributed by atoms with van der Waals surface area (Å²) in [7, 11) is 1.49. The Morgan fingerprint density at radius 1 is 1.03 bits per heavy atom. The van der Waals surface area contributed by atoms with Gasteiger partial charge < -0.3 is 14.6 Å². The number of allylic oxidation sites excluding steroid dienone is 2. The zero-order valence-electron chi connectivity index (χ0n) is 19.6. The number of carboxylic acids is 1. The van der Waals surface area contributed by atoms with Gasteiger partial charge in [0.1, 0.15) is 18.4 Å². The van der Waals surface area contributed by atoms with Crippen LogP contribution in [0, 0.1) is 5.92 Å². The van der Waals surface area contributed by atoms with Crippen LogP contribution in [0.1, 0.15) is 34.9 Å². The van der Waals surface area contributed by atoms with Crippen molar-refractivity contribution >= 4 is 29.4 Å². The van der Waals surface area contributed by atoms with Crippen LogP contribution in [-0.2, 0) is 9.53 Å². The Kier molecular flexibility index (Phi) is 5.49. The van der Waals surface area contributed by atoms with Crippen LogP contribution in [0.5, 0.6) is 5.75 Å². The topological polar surface area (TPSA) is 76.1 Å². The Balaban J connectivity index is 1.38. The Morgan fingerprint density at radius 2 is 1.69 bits per heavy atom. The van der Waals surface area contributed by atoms with Crippen molar-refractivity contribution in [3.05, 3.63) is 94.5 Å². The van der Waals surface area contributed by atoms with E-state index in [9.17, 15) is 14.7 Å². The zero-order valence-corrected chi connectivity index (χ0v) is 20.3. The van der Waals surface area contributed by atoms with Crippen LogP contribution in [0.25, 0.3) is 11.1 Å². The van der Waals surface area contributed by atoms with Gasteiger partial charge in [-0.2, -0.15) is 0 Å². The highest BCUT2D eigenvalue weighted by Crippen LogP contribution is 2.53. The summed E-state index contributed by atoms with van der Waals surface area (Å²) in [5, 5.41) is 10.7. The van der Waals surface area contributed by atoms with Gasteiger partial charge in [0, 0.05) is 28.3 Å². The number of hydrogen-bond donors (Lipinski definition) is 1. The van der Waals surface area contributed by atoms with Gasteiger partial charge in [-0.1, -0.05) is 72.3 Å². The van der Waals surface area contributed by atoms with Crippen LogP contribution in [0.3, 0.4) is 0 Å². The first-order chi connectivity index (χ1) is 17.5. The molecule has 0 aromatic heterocycles. The number of benzene rings is 3. The molecule has 182 valence electrons. The lowest BCUT2D eigenvalue weighted by Crippen LogP contribution is -2.54. The Hall–Kier alpha value is -3.77. The fraction of sp³-hybridized carbons (Fsp3) is 0.241. The molecule has 2 aliphatic carbocycles. The van der Waals surface area contributed by atoms with Crippen LogP contribution in [0.2, 0.25) is 5.02 Å². The van der Waals surface area contributed by atoms with Crippen molar-refractivity contribution in [3.63, 3.8) is 0 Å². The maximum absolute atomic E-state index is 13.7. The van der Waals surface area contributed by atoms with Gasteiger partial charge in [0.25, 0.3) is 0 Å². The molecule has 0 spiro atoms. The molecule has 0 bridgehead atoms. The summed E-state index contributed by atoms with van der Waals surface area (Å²) < 4.78 is 11.5. The van der Waals surface area contributed by atoms with Crippen molar-refractivity contribution in [2.75, 3.05) is 18.6 Å². The molecule has 3 aromatic rings. The smallest absolute Gasteiger partial charge is 0.415 e. The Labute approximate surface area is 213 Å². The van der Waals surface area contributed by atoms with Gasteiger partial charge in [-0.05, 0) is 40.8 Å². The van der Waals surface area contributed by atoms with Gasteiger partial charge >= 0.3 is 12.1 Å². The second kappa shape index (κ2) is 8.71. The molecule has 36 heavy (non-hydrogen) atoms. The second-order valence-corrected chi connectivity index (χ2v) is 9.73. The van der Waals surface area contributed by atoms with Crippen LogP contribution >= 0.6 is 11.6 Å². The number of fused-ring (bicyclic) bond motifs is 6. The normalized spacial score (nSPS) is 21.4. The van der Waals surface area contributed by atoms with E-state index in [4.69, 9.17) is 21.1 Å². The maximum atomic E-state index is 13.7. The third-order valence-electron chi connectivity index (χ3n) is 7.60. The number of anilines is 1. The molecule has 0 unspecified atom stereocenters. The lowest BCUT2D eigenvalue weighted by molar-refractivity contribution is -0.140. The summed E-state index contributed by atoms with van der Waals surface area (Å²) in [5.74, 6) is -1.42. The van der Waals surface area contributed by atoms with Gasteiger partial charge in [0.2, 0.25) is 0 Å². The summed E-state index contributed by atoms with van der Waals surface area (Å²) in [5.41, 5.74) is 5.47. The summed E-state index contributed by atoms with van der Waals surface area (Å²) in [6.07, 6.45) is 3.73. The fourth-order valence-electron chi connectivity index (χ4n) is 6.09. The molecule has 3 aliphatic rings. The van der Waals surface area contributed by atoms with Crippen LogP contribution in [0.4, 0.5) is 10.5 Å². The first-order valence-corrected chi connectivity index (χ1v) is 12.3. The third-order valence-corrected chi connectivity index (χ3v) is 7.93. The standard InChI is InChI=1S/C29H24ClNO5/c1-35-24-14-13-23(30)25-20-11-6-12-21(20)26(28(32)33)31(27(24)25)29(34)36-15-22-18-9-4-2-7-16(18)17-8-3-5-10-19(17)22/h2-11,13-14,20-22,26H,12,15H2,1H3,(H,32,33)/t20-,21+,26-/m0/s1. The van der Waals surface area contributed by atoms with E-state index in [0.717, 1.165) is 22.3 Å². The summed E-state index contributed by atoms with van der Waals surface area (Å²) in [4.78, 5) is 27.5. The third kappa shape index (κ3) is 3.32. The average molecular weight is 502 g/mol. The Bertz CT molecular complexity index is 1370. The molecular weight excluding hydrogens is 478 g/mol. The van der Waals surface area contributed by atoms with Crippen molar-refractivity contribution in [2.45, 2.75) is 24.3 Å². The minimum atomic E-state index is -1.11. The minimum absolute atomic E-state index is 0.0836. The maximum Gasteiger partial charge on any atom is 0.415 e. The predicted octanol–water partition coefficient (Wildman–Crippen LogP) is 6.23. The summed E-state index contributed by atoms with van der Waals surface area (Å²) in [6.45, 7) is 0.0836. The molecule has 6 rings (SSSR count). The molecule has 1 amide bonds. The number of amides is 1. The highest BCUT2D eigenvalue weighted by atomic mass is 35.5. The molecule has 1 N–H and O–H groups in total. The monoisotopic (exact) mass is 501 g/mol. The molecule has 3 aromatic carbocycles. The lowest BCUT2D eigenvalue weighted by Gasteiger charge is -2.42. The van der Waals surface area contributed by atoms with Crippen molar-refractivity contribution in [1.29, 1.82) is 0 Å². The number of halogens is 1. The average Bonchev–Trinajstić information content (AvgIpc) is 3.49. The Morgan fingerprint density at radius 3 is 2.33 bits per heavy atom. The van der Waals surface area contributed by atoms with Crippen molar-refractivity contribution in [3.8, 4) is 16.9 Å². The SMILES string of the molecule is COc1ccc(Cl)c2c1N(C(=O)OCC1c3ccccc3-c3ccccc31)[C@H](C(=O)O)[C@@H]1CC=C[C@H]21. The van der Waals surface area contributed by atoms with Crippen LogP contribution < -0.4 is 9.64 Å². The van der Waals surface area contributed by atoms with Gasteiger partial charge in [-0.3, -0.25) is 4.90 Å². The lowest BCUT2D eigenvalue weighted by atomic mass is 9.78. The number of aliphatic carboxylic acids is 1. The number of hydrogen-bond acceptors (Lipinski definition) is 4. The molecule has 1 heterocycles. The van der Waals surface area contributed by atoms with Gasteiger partial charge in [0.05, 0.1) is 12.8 Å². The summed E-state index contributed by atoms with van der Waals surface area (Å²) in [6, 6.07) is 18.4. The first kappa shape index (κ1) is 22.7. The number of carbonyl (C=O) groups excluding carboxylic acids is 1. The number of carboxylic acid groups (broad SMARTS) is 1. The molecule has 0 saturated carbocycles. The van der Waals surface area contributed by atoms with E-state index < -0.39 is 18.1 Å².